The summed E-state index contributed by atoms with van der Waals surface area (Å²) >= 11 is 1.62. The van der Waals surface area contributed by atoms with Crippen LogP contribution in [-0.4, -0.2) is 21.9 Å². The van der Waals surface area contributed by atoms with Crippen molar-refractivity contribution in [2.24, 2.45) is 5.92 Å². The van der Waals surface area contributed by atoms with Crippen molar-refractivity contribution in [3.05, 3.63) is 21.8 Å². The normalized spacial score (nSPS) is 18.9. The van der Waals surface area contributed by atoms with E-state index in [9.17, 15) is 10.1 Å². The Morgan fingerprint density at radius 2 is 2.14 bits per heavy atom. The maximum atomic E-state index is 12.6. The maximum Gasteiger partial charge on any atom is 0.247 e. The molecule has 1 aliphatic carbocycles. The molecule has 0 bridgehead atoms. The van der Waals surface area contributed by atoms with Gasteiger partial charge in [-0.3, -0.25) is 4.79 Å². The number of aryl methyl sites for hydroxylation is 2. The van der Waals surface area contributed by atoms with E-state index in [-0.39, 0.29) is 17.9 Å². The second-order valence-corrected chi connectivity index (χ2v) is 8.60. The number of rotatable bonds is 4. The minimum atomic E-state index is -0.316. The van der Waals surface area contributed by atoms with Crippen LogP contribution in [0.1, 0.15) is 54.9 Å². The molecule has 8 heteroatoms. The average molecular weight is 397 g/mol. The van der Waals surface area contributed by atoms with E-state index in [4.69, 9.17) is 0 Å². The lowest BCUT2D eigenvalue weighted by Crippen LogP contribution is -2.43. The first-order valence-electron chi connectivity index (χ1n) is 9.79. The van der Waals surface area contributed by atoms with E-state index < -0.39 is 0 Å². The van der Waals surface area contributed by atoms with Crippen LogP contribution in [0.3, 0.4) is 0 Å². The summed E-state index contributed by atoms with van der Waals surface area (Å²) in [6.07, 6.45) is 5.15. The van der Waals surface area contributed by atoms with E-state index in [1.54, 1.807) is 11.3 Å². The van der Waals surface area contributed by atoms with Gasteiger partial charge in [-0.05, 0) is 44.1 Å². The topological polar surface area (TPSA) is 103 Å². The molecular formula is C20H24N6OS. The Labute approximate surface area is 168 Å². The van der Waals surface area contributed by atoms with E-state index in [2.05, 4.69) is 38.9 Å². The first kappa shape index (κ1) is 18.7. The second kappa shape index (κ2) is 7.40. The number of amides is 1. The van der Waals surface area contributed by atoms with Gasteiger partial charge in [-0.15, -0.1) is 11.3 Å². The molecule has 4 rings (SSSR count). The molecule has 0 radical (unpaired) electrons. The van der Waals surface area contributed by atoms with Crippen LogP contribution in [0.5, 0.6) is 0 Å². The highest BCUT2D eigenvalue weighted by Gasteiger charge is 2.32. The molecule has 3 heterocycles. The second-order valence-electron chi connectivity index (χ2n) is 7.49. The Morgan fingerprint density at radius 1 is 1.36 bits per heavy atom. The Balaban J connectivity index is 1.71. The highest BCUT2D eigenvalue weighted by atomic mass is 32.1. The molecule has 1 aliphatic heterocycles. The molecule has 28 heavy (non-hydrogen) atoms. The number of aromatic nitrogens is 2. The van der Waals surface area contributed by atoms with Gasteiger partial charge in [0.1, 0.15) is 28.6 Å². The number of nitriles is 1. The number of thiophene rings is 1. The predicted octanol–water partition coefficient (Wildman–Crippen LogP) is 4.12. The van der Waals surface area contributed by atoms with Gasteiger partial charge in [0.15, 0.2) is 11.6 Å². The molecule has 2 atom stereocenters. The lowest BCUT2D eigenvalue weighted by Gasteiger charge is -2.30. The number of fused-ring (bicyclic) bond motifs is 2. The van der Waals surface area contributed by atoms with Crippen LogP contribution >= 0.6 is 11.3 Å². The van der Waals surface area contributed by atoms with E-state index >= 15 is 0 Å². The van der Waals surface area contributed by atoms with Gasteiger partial charge < -0.3 is 16.0 Å². The molecule has 0 aromatic carbocycles. The summed E-state index contributed by atoms with van der Waals surface area (Å²) in [6.45, 7) is 5.94. The molecule has 2 aromatic heterocycles. The smallest absolute Gasteiger partial charge is 0.247 e. The summed E-state index contributed by atoms with van der Waals surface area (Å²) in [7, 11) is 0. The van der Waals surface area contributed by atoms with Crippen LogP contribution in [-0.2, 0) is 17.6 Å². The number of hydrogen-bond donors (Lipinski definition) is 3. The molecule has 146 valence electrons. The molecule has 2 aliphatic rings. The van der Waals surface area contributed by atoms with Gasteiger partial charge in [0, 0.05) is 4.88 Å². The van der Waals surface area contributed by atoms with E-state index in [0.29, 0.717) is 28.7 Å². The fraction of sp³-hybridized carbons (Fsp3) is 0.500. The molecule has 0 saturated carbocycles. The summed E-state index contributed by atoms with van der Waals surface area (Å²) in [6, 6.07) is 2.04. The fourth-order valence-corrected chi connectivity index (χ4v) is 5.05. The minimum Gasteiger partial charge on any atom is -0.356 e. The van der Waals surface area contributed by atoms with Gasteiger partial charge >= 0.3 is 0 Å². The quantitative estimate of drug-likeness (QED) is 0.718. The Bertz CT molecular complexity index is 976. The van der Waals surface area contributed by atoms with Crippen molar-refractivity contribution < 1.29 is 4.79 Å². The third-order valence-electron chi connectivity index (χ3n) is 5.57. The lowest BCUT2D eigenvalue weighted by atomic mass is 9.96. The largest absolute Gasteiger partial charge is 0.356 e. The van der Waals surface area contributed by atoms with Crippen LogP contribution in [0.15, 0.2) is 0 Å². The molecular weight excluding hydrogens is 372 g/mol. The fourth-order valence-electron chi connectivity index (χ4n) is 3.82. The molecule has 7 nitrogen and oxygen atoms in total. The molecule has 1 amide bonds. The minimum absolute atomic E-state index is 0.0802. The summed E-state index contributed by atoms with van der Waals surface area (Å²) in [5.41, 5.74) is 2.42. The van der Waals surface area contributed by atoms with Crippen molar-refractivity contribution in [1.29, 1.82) is 5.26 Å². The SMILES string of the molecule is CCC(C)C1Nc2nc(C)nc(Nc3sc4c(c3C#N)CCCC4)c2NC1=O. The molecule has 2 unspecified atom stereocenters. The van der Waals surface area contributed by atoms with E-state index in [1.165, 1.54) is 10.4 Å². The molecule has 0 saturated heterocycles. The number of anilines is 4. The Morgan fingerprint density at radius 3 is 2.89 bits per heavy atom. The summed E-state index contributed by atoms with van der Waals surface area (Å²) < 4.78 is 0. The monoisotopic (exact) mass is 396 g/mol. The number of carbonyl (C=O) groups is 1. The summed E-state index contributed by atoms with van der Waals surface area (Å²) in [5.74, 6) is 1.87. The van der Waals surface area contributed by atoms with E-state index in [1.807, 2.05) is 13.8 Å². The van der Waals surface area contributed by atoms with Crippen molar-refractivity contribution in [1.82, 2.24) is 9.97 Å². The van der Waals surface area contributed by atoms with Crippen molar-refractivity contribution >= 4 is 39.6 Å². The zero-order valence-corrected chi connectivity index (χ0v) is 17.2. The van der Waals surface area contributed by atoms with Gasteiger partial charge in [0.25, 0.3) is 0 Å². The van der Waals surface area contributed by atoms with Crippen molar-refractivity contribution in [2.45, 2.75) is 58.9 Å². The van der Waals surface area contributed by atoms with Crippen LogP contribution < -0.4 is 16.0 Å². The zero-order chi connectivity index (χ0) is 19.8. The van der Waals surface area contributed by atoms with Crippen LogP contribution in [0.4, 0.5) is 22.3 Å². The Kier molecular flexibility index (Phi) is 4.94. The molecule has 3 N–H and O–H groups in total. The van der Waals surface area contributed by atoms with Crippen molar-refractivity contribution in [2.75, 3.05) is 16.0 Å². The van der Waals surface area contributed by atoms with Crippen LogP contribution in [0.2, 0.25) is 0 Å². The molecule has 0 spiro atoms. The first-order valence-corrected chi connectivity index (χ1v) is 10.6. The van der Waals surface area contributed by atoms with E-state index in [0.717, 1.165) is 37.1 Å². The van der Waals surface area contributed by atoms with Crippen molar-refractivity contribution in [3.8, 4) is 6.07 Å². The predicted molar refractivity (Wildman–Crippen MR) is 111 cm³/mol. The highest BCUT2D eigenvalue weighted by molar-refractivity contribution is 7.16. The third kappa shape index (κ3) is 3.20. The van der Waals surface area contributed by atoms with Crippen LogP contribution in [0.25, 0.3) is 0 Å². The number of nitrogens with zero attached hydrogens (tertiary/aromatic N) is 3. The summed E-state index contributed by atoms with van der Waals surface area (Å²) in [4.78, 5) is 22.9. The molecule has 0 fully saturated rings. The number of hydrogen-bond acceptors (Lipinski definition) is 7. The van der Waals surface area contributed by atoms with Gasteiger partial charge in [-0.1, -0.05) is 20.3 Å². The average Bonchev–Trinajstić information content (AvgIpc) is 3.04. The number of carbonyl (C=O) groups excluding carboxylic acids is 1. The van der Waals surface area contributed by atoms with Crippen molar-refractivity contribution in [3.63, 3.8) is 0 Å². The Hall–Kier alpha value is -2.66. The maximum absolute atomic E-state index is 12.6. The van der Waals surface area contributed by atoms with Gasteiger partial charge in [0.05, 0.1) is 5.56 Å². The lowest BCUT2D eigenvalue weighted by molar-refractivity contribution is -0.118. The third-order valence-corrected chi connectivity index (χ3v) is 6.78. The summed E-state index contributed by atoms with van der Waals surface area (Å²) in [5, 5.41) is 20.1. The van der Waals surface area contributed by atoms with Gasteiger partial charge in [0.2, 0.25) is 5.91 Å². The van der Waals surface area contributed by atoms with Gasteiger partial charge in [-0.25, -0.2) is 9.97 Å². The number of nitrogens with one attached hydrogen (secondary N) is 3. The first-order chi connectivity index (χ1) is 13.5. The molecule has 2 aromatic rings. The standard InChI is InChI=1S/C20H24N6OS/c1-4-10(2)15-19(27)25-16-17(24-15)22-11(3)23-18(16)26-20-13(9-21)12-7-5-6-8-14(12)28-20/h10,15H,4-8H2,1-3H3,(H,25,27)(H2,22,23,24,26). The van der Waals surface area contributed by atoms with Crippen LogP contribution in [0, 0.1) is 24.2 Å². The highest BCUT2D eigenvalue weighted by Crippen LogP contribution is 2.41. The van der Waals surface area contributed by atoms with Gasteiger partial charge in [-0.2, -0.15) is 5.26 Å². The zero-order valence-electron chi connectivity index (χ0n) is 16.3.